The second-order valence-corrected chi connectivity index (χ2v) is 14.7. The maximum atomic E-state index is 5.03. The van der Waals surface area contributed by atoms with E-state index in [4.69, 9.17) is 9.36 Å². The Bertz CT molecular complexity index is 2580. The number of anilines is 12. The van der Waals surface area contributed by atoms with Crippen LogP contribution in [-0.2, 0) is 0 Å². The van der Waals surface area contributed by atoms with Crippen LogP contribution in [0.1, 0.15) is 0 Å². The largest absolute Gasteiger partial charge is 0.306 e. The fourth-order valence-electron chi connectivity index (χ4n) is 8.13. The van der Waals surface area contributed by atoms with Crippen molar-refractivity contribution in [2.75, 3.05) is 19.6 Å². The lowest BCUT2D eigenvalue weighted by atomic mass is 10.0. The molecule has 0 unspecified atom stereocenters. The summed E-state index contributed by atoms with van der Waals surface area (Å²) in [5, 5.41) is 0.884. The predicted octanol–water partition coefficient (Wildman–Crippen LogP) is 14.4. The van der Waals surface area contributed by atoms with Crippen LogP contribution in [0.25, 0.3) is 22.0 Å². The molecule has 0 saturated heterocycles. The minimum atomic E-state index is 0.722. The van der Waals surface area contributed by atoms with Crippen LogP contribution >= 0.6 is 11.5 Å². The maximum absolute atomic E-state index is 5.03. The number of rotatable bonds is 6. The van der Waals surface area contributed by atoms with Crippen molar-refractivity contribution in [3.05, 3.63) is 206 Å². The molecule has 2 aliphatic rings. The zero-order chi connectivity index (χ0) is 37.7. The van der Waals surface area contributed by atoms with Crippen LogP contribution in [0.2, 0.25) is 0 Å². The van der Waals surface area contributed by atoms with Crippen molar-refractivity contribution < 1.29 is 0 Å². The van der Waals surface area contributed by atoms with Gasteiger partial charge in [0.25, 0.3) is 0 Å². The van der Waals surface area contributed by atoms with Gasteiger partial charge >= 0.3 is 0 Å². The van der Waals surface area contributed by atoms with E-state index in [2.05, 4.69) is 226 Å². The molecule has 0 radical (unpaired) electrons. The van der Waals surface area contributed by atoms with Gasteiger partial charge in [0, 0.05) is 33.9 Å². The molecule has 2 aliphatic heterocycles. The average molecular weight is 751 g/mol. The van der Waals surface area contributed by atoms with E-state index in [1.54, 1.807) is 0 Å². The number of benzene rings is 8. The highest BCUT2D eigenvalue weighted by atomic mass is 32.1. The van der Waals surface area contributed by atoms with Gasteiger partial charge in [-0.05, 0) is 133 Å². The minimum Gasteiger partial charge on any atom is -0.306 e. The number of aromatic nitrogens is 2. The van der Waals surface area contributed by atoms with Gasteiger partial charge in [0.2, 0.25) is 0 Å². The Balaban J connectivity index is 0.889. The third-order valence-electron chi connectivity index (χ3n) is 10.7. The van der Waals surface area contributed by atoms with Gasteiger partial charge in [0.15, 0.2) is 5.82 Å². The summed E-state index contributed by atoms with van der Waals surface area (Å²) in [4.78, 5) is 14.4. The minimum absolute atomic E-state index is 0.722. The Morgan fingerprint density at radius 2 is 0.561 bits per heavy atom. The number of fused-ring (bicyclic) bond motifs is 4. The first-order valence-corrected chi connectivity index (χ1v) is 19.8. The number of para-hydroxylation sites is 10. The first kappa shape index (κ1) is 32.9. The molecule has 9 aromatic rings. The summed E-state index contributed by atoms with van der Waals surface area (Å²) in [6.45, 7) is 0. The molecule has 0 atom stereocenters. The highest BCUT2D eigenvalue weighted by molar-refractivity contribution is 7.09. The molecule has 270 valence electrons. The van der Waals surface area contributed by atoms with Crippen molar-refractivity contribution in [1.82, 2.24) is 9.36 Å². The van der Waals surface area contributed by atoms with Crippen LogP contribution in [0.15, 0.2) is 206 Å². The topological polar surface area (TPSA) is 38.7 Å². The van der Waals surface area contributed by atoms with Crippen molar-refractivity contribution in [2.24, 2.45) is 0 Å². The lowest BCUT2D eigenvalue weighted by Gasteiger charge is -2.40. The molecule has 57 heavy (non-hydrogen) atoms. The summed E-state index contributed by atoms with van der Waals surface area (Å²) in [6.07, 6.45) is 0. The van der Waals surface area contributed by atoms with Crippen molar-refractivity contribution in [1.29, 1.82) is 0 Å². The van der Waals surface area contributed by atoms with Gasteiger partial charge in [-0.2, -0.15) is 4.37 Å². The van der Waals surface area contributed by atoms with Crippen molar-refractivity contribution in [3.8, 4) is 22.0 Å². The van der Waals surface area contributed by atoms with Crippen LogP contribution in [0.3, 0.4) is 0 Å². The first-order chi connectivity index (χ1) is 28.3. The molecule has 0 N–H and O–H groups in total. The smallest absolute Gasteiger partial charge is 0.173 e. The van der Waals surface area contributed by atoms with Crippen LogP contribution in [0.5, 0.6) is 0 Å². The Morgan fingerprint density at radius 1 is 0.281 bits per heavy atom. The maximum Gasteiger partial charge on any atom is 0.173 e. The van der Waals surface area contributed by atoms with Crippen LogP contribution in [0.4, 0.5) is 68.2 Å². The van der Waals surface area contributed by atoms with E-state index in [0.717, 1.165) is 90.2 Å². The molecular formula is C50H34N6S. The third kappa shape index (κ3) is 5.55. The Kier molecular flexibility index (Phi) is 7.89. The quantitative estimate of drug-likeness (QED) is 0.168. The molecule has 0 spiro atoms. The summed E-state index contributed by atoms with van der Waals surface area (Å²) in [5.41, 5.74) is 15.5. The van der Waals surface area contributed by atoms with Crippen LogP contribution in [0, 0.1) is 0 Å². The number of nitrogens with zero attached hydrogens (tertiary/aromatic N) is 6. The molecule has 1 aromatic heterocycles. The summed E-state index contributed by atoms with van der Waals surface area (Å²) in [6, 6.07) is 72.8. The summed E-state index contributed by atoms with van der Waals surface area (Å²) in [5.74, 6) is 0.722. The third-order valence-corrected chi connectivity index (χ3v) is 11.4. The van der Waals surface area contributed by atoms with E-state index >= 15 is 0 Å². The normalized spacial score (nSPS) is 12.8. The van der Waals surface area contributed by atoms with Crippen molar-refractivity contribution >= 4 is 79.8 Å². The van der Waals surface area contributed by atoms with Gasteiger partial charge in [-0.15, -0.1) is 0 Å². The monoisotopic (exact) mass is 750 g/mol. The second-order valence-electron chi connectivity index (χ2n) is 14.0. The van der Waals surface area contributed by atoms with Gasteiger partial charge in [-0.1, -0.05) is 84.9 Å². The lowest BCUT2D eigenvalue weighted by molar-refractivity contribution is 1.17. The molecule has 8 aromatic carbocycles. The molecule has 6 nitrogen and oxygen atoms in total. The highest BCUT2D eigenvalue weighted by Crippen LogP contribution is 2.55. The van der Waals surface area contributed by atoms with Gasteiger partial charge in [-0.3, -0.25) is 0 Å². The average Bonchev–Trinajstić information content (AvgIpc) is 3.79. The van der Waals surface area contributed by atoms with E-state index in [9.17, 15) is 0 Å². The SMILES string of the molecule is c1ccc(N2c3ccccc3N(c3ccc(-c4nsc(-c5ccc(N6c7ccccc7N(c7ccccc7)c7ccccc76)cc5)n4)cc3)c3ccccc32)cc1. The van der Waals surface area contributed by atoms with Gasteiger partial charge in [0.05, 0.1) is 45.5 Å². The molecule has 0 aliphatic carbocycles. The van der Waals surface area contributed by atoms with Crippen molar-refractivity contribution in [2.45, 2.75) is 0 Å². The molecule has 0 saturated carbocycles. The molecule has 0 fully saturated rings. The van der Waals surface area contributed by atoms with Gasteiger partial charge in [-0.25, -0.2) is 4.98 Å². The number of hydrogen-bond acceptors (Lipinski definition) is 7. The van der Waals surface area contributed by atoms with Crippen molar-refractivity contribution in [3.63, 3.8) is 0 Å². The fraction of sp³-hybridized carbons (Fsp3) is 0. The van der Waals surface area contributed by atoms with Gasteiger partial charge < -0.3 is 19.6 Å². The fourth-order valence-corrected chi connectivity index (χ4v) is 8.81. The van der Waals surface area contributed by atoms with E-state index in [1.807, 2.05) is 0 Å². The zero-order valence-electron chi connectivity index (χ0n) is 30.7. The molecule has 0 amide bonds. The number of hydrogen-bond donors (Lipinski definition) is 0. The predicted molar refractivity (Wildman–Crippen MR) is 237 cm³/mol. The molecule has 11 rings (SSSR count). The Morgan fingerprint density at radius 3 is 0.895 bits per heavy atom. The first-order valence-electron chi connectivity index (χ1n) is 19.0. The van der Waals surface area contributed by atoms with Crippen LogP contribution < -0.4 is 19.6 Å². The van der Waals surface area contributed by atoms with Crippen LogP contribution in [-0.4, -0.2) is 9.36 Å². The summed E-state index contributed by atoms with van der Waals surface area (Å²) >= 11 is 1.43. The van der Waals surface area contributed by atoms with E-state index in [1.165, 1.54) is 11.5 Å². The molecular weight excluding hydrogens is 717 g/mol. The van der Waals surface area contributed by atoms with Gasteiger partial charge in [0.1, 0.15) is 5.01 Å². The summed E-state index contributed by atoms with van der Waals surface area (Å²) < 4.78 is 4.82. The second kappa shape index (κ2) is 13.7. The van der Waals surface area contributed by atoms with E-state index < -0.39 is 0 Å². The molecule has 3 heterocycles. The highest BCUT2D eigenvalue weighted by Gasteiger charge is 2.31. The Hall–Kier alpha value is -7.48. The Labute approximate surface area is 335 Å². The molecule has 7 heteroatoms. The van der Waals surface area contributed by atoms with E-state index in [0.29, 0.717) is 0 Å². The lowest BCUT2D eigenvalue weighted by Crippen LogP contribution is -2.23. The van der Waals surface area contributed by atoms with E-state index in [-0.39, 0.29) is 0 Å². The zero-order valence-corrected chi connectivity index (χ0v) is 31.5. The molecule has 0 bridgehead atoms. The standard InChI is InChI=1S/C50H34N6S/c1-3-15-37(16-4-1)53-41-19-7-11-23-45(41)55(46-24-12-8-20-42(46)53)39-31-27-35(28-32-39)49-51-50(57-52-49)36-29-33-40(34-30-36)56-47-25-13-9-21-43(47)54(38-17-5-2-6-18-38)44-22-10-14-26-48(44)56/h1-34H. The summed E-state index contributed by atoms with van der Waals surface area (Å²) in [7, 11) is 0.